The maximum absolute atomic E-state index is 13.7. The average molecular weight is 267 g/mol. The maximum Gasteiger partial charge on any atom is 0.166 e. The Hall–Kier alpha value is -2.01. The van der Waals surface area contributed by atoms with Crippen LogP contribution in [0.2, 0.25) is 0 Å². The summed E-state index contributed by atoms with van der Waals surface area (Å²) >= 11 is 0. The molecule has 2 aromatic carbocycles. The Bertz CT molecular complexity index is 599. The molecular formula is C14H12F3NO. The van der Waals surface area contributed by atoms with Crippen LogP contribution in [0.4, 0.5) is 13.2 Å². The Morgan fingerprint density at radius 1 is 0.947 bits per heavy atom. The molecule has 2 aromatic rings. The predicted molar refractivity (Wildman–Crippen MR) is 65.4 cm³/mol. The van der Waals surface area contributed by atoms with Gasteiger partial charge in [-0.1, -0.05) is 6.07 Å². The Morgan fingerprint density at radius 2 is 1.68 bits per heavy atom. The van der Waals surface area contributed by atoms with Gasteiger partial charge in [0.25, 0.3) is 0 Å². The molecule has 0 spiro atoms. The summed E-state index contributed by atoms with van der Waals surface area (Å²) in [5.74, 6) is -2.67. The first-order chi connectivity index (χ1) is 8.97. The second-order valence-corrected chi connectivity index (χ2v) is 4.16. The van der Waals surface area contributed by atoms with Crippen LogP contribution >= 0.6 is 0 Å². The van der Waals surface area contributed by atoms with Gasteiger partial charge in [-0.05, 0) is 36.8 Å². The molecule has 1 atom stereocenters. The Kier molecular flexibility index (Phi) is 3.76. The van der Waals surface area contributed by atoms with E-state index in [1.807, 2.05) is 0 Å². The van der Waals surface area contributed by atoms with E-state index in [1.165, 1.54) is 12.1 Å². The quantitative estimate of drug-likeness (QED) is 0.914. The van der Waals surface area contributed by atoms with Crippen molar-refractivity contribution in [2.45, 2.75) is 13.0 Å². The van der Waals surface area contributed by atoms with Crippen molar-refractivity contribution in [2.75, 3.05) is 0 Å². The van der Waals surface area contributed by atoms with E-state index in [0.717, 1.165) is 18.2 Å². The van der Waals surface area contributed by atoms with E-state index >= 15 is 0 Å². The van der Waals surface area contributed by atoms with Crippen molar-refractivity contribution in [3.05, 3.63) is 59.4 Å². The van der Waals surface area contributed by atoms with Crippen molar-refractivity contribution in [2.24, 2.45) is 5.73 Å². The van der Waals surface area contributed by atoms with Crippen LogP contribution in [0.15, 0.2) is 36.4 Å². The highest BCUT2D eigenvalue weighted by atomic mass is 19.1. The van der Waals surface area contributed by atoms with Crippen molar-refractivity contribution >= 4 is 0 Å². The minimum Gasteiger partial charge on any atom is -0.451 e. The van der Waals surface area contributed by atoms with Crippen molar-refractivity contribution in [1.29, 1.82) is 0 Å². The van der Waals surface area contributed by atoms with Crippen molar-refractivity contribution in [3.63, 3.8) is 0 Å². The molecular weight excluding hydrogens is 255 g/mol. The largest absolute Gasteiger partial charge is 0.451 e. The third kappa shape index (κ3) is 3.06. The van der Waals surface area contributed by atoms with E-state index in [9.17, 15) is 13.2 Å². The van der Waals surface area contributed by atoms with Gasteiger partial charge >= 0.3 is 0 Å². The summed E-state index contributed by atoms with van der Waals surface area (Å²) in [5, 5.41) is 0. The van der Waals surface area contributed by atoms with Crippen LogP contribution in [-0.2, 0) is 0 Å². The molecule has 0 radical (unpaired) electrons. The number of ether oxygens (including phenoxy) is 1. The van der Waals surface area contributed by atoms with E-state index in [1.54, 1.807) is 13.0 Å². The second-order valence-electron chi connectivity index (χ2n) is 4.16. The normalized spacial score (nSPS) is 12.3. The lowest BCUT2D eigenvalue weighted by Gasteiger charge is -2.10. The lowest BCUT2D eigenvalue weighted by molar-refractivity contribution is 0.410. The van der Waals surface area contributed by atoms with Crippen LogP contribution in [0, 0.1) is 17.5 Å². The molecule has 19 heavy (non-hydrogen) atoms. The van der Waals surface area contributed by atoms with Gasteiger partial charge in [-0.25, -0.2) is 13.2 Å². The highest BCUT2D eigenvalue weighted by Gasteiger charge is 2.11. The molecule has 0 unspecified atom stereocenters. The number of rotatable bonds is 3. The molecule has 0 aromatic heterocycles. The monoisotopic (exact) mass is 267 g/mol. The Morgan fingerprint density at radius 3 is 2.32 bits per heavy atom. The molecule has 0 fully saturated rings. The highest BCUT2D eigenvalue weighted by molar-refractivity contribution is 5.36. The summed E-state index contributed by atoms with van der Waals surface area (Å²) in [5.41, 5.74) is 6.20. The molecule has 100 valence electrons. The van der Waals surface area contributed by atoms with Gasteiger partial charge in [-0.3, -0.25) is 0 Å². The zero-order chi connectivity index (χ0) is 14.0. The highest BCUT2D eigenvalue weighted by Crippen LogP contribution is 2.28. The molecule has 2 N–H and O–H groups in total. The number of hydrogen-bond donors (Lipinski definition) is 1. The Balaban J connectivity index is 2.31. The van der Waals surface area contributed by atoms with Gasteiger partial charge in [0.2, 0.25) is 0 Å². The van der Waals surface area contributed by atoms with E-state index in [2.05, 4.69) is 0 Å². The van der Waals surface area contributed by atoms with Gasteiger partial charge in [0, 0.05) is 12.1 Å². The molecule has 5 heteroatoms. The SMILES string of the molecule is C[C@@H](N)c1ccc(Oc2cc(F)ccc2F)c(F)c1. The topological polar surface area (TPSA) is 35.2 Å². The summed E-state index contributed by atoms with van der Waals surface area (Å²) in [6, 6.07) is 6.51. The first-order valence-corrected chi connectivity index (χ1v) is 5.65. The molecule has 0 bridgehead atoms. The summed E-state index contributed by atoms with van der Waals surface area (Å²) in [6.07, 6.45) is 0. The zero-order valence-corrected chi connectivity index (χ0v) is 10.2. The van der Waals surface area contributed by atoms with E-state index in [0.29, 0.717) is 5.56 Å². The van der Waals surface area contributed by atoms with Gasteiger partial charge < -0.3 is 10.5 Å². The van der Waals surface area contributed by atoms with Crippen LogP contribution in [0.1, 0.15) is 18.5 Å². The van der Waals surface area contributed by atoms with Crippen LogP contribution in [0.3, 0.4) is 0 Å². The minimum absolute atomic E-state index is 0.186. The number of hydrogen-bond acceptors (Lipinski definition) is 2. The van der Waals surface area contributed by atoms with Crippen LogP contribution in [-0.4, -0.2) is 0 Å². The third-order valence-corrected chi connectivity index (χ3v) is 2.59. The molecule has 0 saturated carbocycles. The molecule has 0 aliphatic carbocycles. The fourth-order valence-corrected chi connectivity index (χ4v) is 1.56. The Labute approximate surface area is 108 Å². The lowest BCUT2D eigenvalue weighted by atomic mass is 10.1. The lowest BCUT2D eigenvalue weighted by Crippen LogP contribution is -2.05. The van der Waals surface area contributed by atoms with E-state index in [4.69, 9.17) is 10.5 Å². The number of nitrogens with two attached hydrogens (primary N) is 1. The van der Waals surface area contributed by atoms with Gasteiger partial charge in [0.15, 0.2) is 23.1 Å². The van der Waals surface area contributed by atoms with Gasteiger partial charge in [-0.2, -0.15) is 0 Å². The van der Waals surface area contributed by atoms with E-state index < -0.39 is 17.5 Å². The first-order valence-electron chi connectivity index (χ1n) is 5.65. The number of benzene rings is 2. The summed E-state index contributed by atoms with van der Waals surface area (Å²) in [6.45, 7) is 1.71. The predicted octanol–water partition coefficient (Wildman–Crippen LogP) is 3.92. The first kappa shape index (κ1) is 13.4. The second kappa shape index (κ2) is 5.32. The third-order valence-electron chi connectivity index (χ3n) is 2.59. The standard InChI is InChI=1S/C14H12F3NO/c1-8(18)9-2-5-13(12(17)6-9)19-14-7-10(15)3-4-11(14)16/h2-8H,18H2,1H3/t8-/m1/s1. The molecule has 0 heterocycles. The van der Waals surface area contributed by atoms with E-state index in [-0.39, 0.29) is 17.5 Å². The molecule has 0 saturated heterocycles. The fraction of sp³-hybridized carbons (Fsp3) is 0.143. The summed E-state index contributed by atoms with van der Waals surface area (Å²) in [4.78, 5) is 0. The number of halogens is 3. The van der Waals surface area contributed by atoms with Gasteiger partial charge in [0.1, 0.15) is 5.82 Å². The zero-order valence-electron chi connectivity index (χ0n) is 10.2. The summed E-state index contributed by atoms with van der Waals surface area (Å²) in [7, 11) is 0. The van der Waals surface area contributed by atoms with Crippen LogP contribution in [0.25, 0.3) is 0 Å². The minimum atomic E-state index is -0.767. The average Bonchev–Trinajstić information content (AvgIpc) is 2.36. The fourth-order valence-electron chi connectivity index (χ4n) is 1.56. The molecule has 0 aliphatic rings. The van der Waals surface area contributed by atoms with Crippen LogP contribution in [0.5, 0.6) is 11.5 Å². The van der Waals surface area contributed by atoms with Gasteiger partial charge in [0.05, 0.1) is 0 Å². The molecule has 2 rings (SSSR count). The van der Waals surface area contributed by atoms with Crippen molar-refractivity contribution in [1.82, 2.24) is 0 Å². The molecule has 0 amide bonds. The van der Waals surface area contributed by atoms with Crippen LogP contribution < -0.4 is 10.5 Å². The molecule has 0 aliphatic heterocycles. The summed E-state index contributed by atoms with van der Waals surface area (Å²) < 4.78 is 45.1. The smallest absolute Gasteiger partial charge is 0.166 e. The van der Waals surface area contributed by atoms with Crippen molar-refractivity contribution in [3.8, 4) is 11.5 Å². The van der Waals surface area contributed by atoms with Gasteiger partial charge in [-0.15, -0.1) is 0 Å². The maximum atomic E-state index is 13.7. The molecule has 2 nitrogen and oxygen atoms in total. The van der Waals surface area contributed by atoms with Crippen molar-refractivity contribution < 1.29 is 17.9 Å².